The summed E-state index contributed by atoms with van der Waals surface area (Å²) in [5, 5.41) is 0.612. The second-order valence-electron chi connectivity index (χ2n) is 5.40. The highest BCUT2D eigenvalue weighted by atomic mass is 35.5. The molecule has 0 aliphatic carbocycles. The van der Waals surface area contributed by atoms with Crippen molar-refractivity contribution >= 4 is 17.4 Å². The molecule has 0 aliphatic rings. The van der Waals surface area contributed by atoms with Crippen LogP contribution in [0, 0.1) is 6.92 Å². The molecule has 112 valence electrons. The first-order chi connectivity index (χ1) is 11.2. The minimum Gasteiger partial charge on any atom is -0.266 e. The van der Waals surface area contributed by atoms with Crippen molar-refractivity contribution in [1.82, 2.24) is 14.4 Å². The fourth-order valence-electron chi connectivity index (χ4n) is 2.77. The van der Waals surface area contributed by atoms with Crippen molar-refractivity contribution in [2.45, 2.75) is 6.92 Å². The average Bonchev–Trinajstić information content (AvgIpc) is 2.96. The van der Waals surface area contributed by atoms with Crippen LogP contribution in [0.1, 0.15) is 5.69 Å². The van der Waals surface area contributed by atoms with Gasteiger partial charge in [-0.3, -0.25) is 4.40 Å². The summed E-state index contributed by atoms with van der Waals surface area (Å²) in [4.78, 5) is 9.28. The molecule has 23 heavy (non-hydrogen) atoms. The molecule has 3 nitrogen and oxygen atoms in total. The van der Waals surface area contributed by atoms with Crippen molar-refractivity contribution in [2.24, 2.45) is 0 Å². The van der Waals surface area contributed by atoms with Gasteiger partial charge in [0.15, 0.2) is 0 Å². The zero-order valence-electron chi connectivity index (χ0n) is 12.6. The van der Waals surface area contributed by atoms with E-state index in [0.29, 0.717) is 10.9 Å². The molecule has 2 aromatic carbocycles. The van der Waals surface area contributed by atoms with Crippen LogP contribution in [-0.2, 0) is 0 Å². The van der Waals surface area contributed by atoms with E-state index in [2.05, 4.69) is 29.2 Å². The zero-order chi connectivity index (χ0) is 15.8. The molecule has 0 radical (unpaired) electrons. The van der Waals surface area contributed by atoms with E-state index in [-0.39, 0.29) is 0 Å². The maximum atomic E-state index is 6.50. The number of rotatable bonds is 2. The largest absolute Gasteiger partial charge is 0.266 e. The lowest BCUT2D eigenvalue weighted by Crippen LogP contribution is -1.95. The minimum atomic E-state index is 0.612. The molecule has 0 amide bonds. The van der Waals surface area contributed by atoms with E-state index in [1.807, 2.05) is 53.8 Å². The van der Waals surface area contributed by atoms with Crippen LogP contribution >= 0.6 is 11.6 Å². The smallest absolute Gasteiger partial charge is 0.236 e. The first kappa shape index (κ1) is 14.0. The highest BCUT2D eigenvalue weighted by Crippen LogP contribution is 2.34. The Morgan fingerprint density at radius 1 is 0.826 bits per heavy atom. The third-order valence-electron chi connectivity index (χ3n) is 3.77. The molecular weight excluding hydrogens is 306 g/mol. The molecule has 0 fully saturated rings. The number of halogens is 1. The van der Waals surface area contributed by atoms with Crippen molar-refractivity contribution in [3.63, 3.8) is 0 Å². The van der Waals surface area contributed by atoms with Gasteiger partial charge < -0.3 is 0 Å². The third kappa shape index (κ3) is 2.39. The number of aryl methyl sites for hydroxylation is 1. The summed E-state index contributed by atoms with van der Waals surface area (Å²) in [5.74, 6) is 0.618. The number of benzene rings is 2. The van der Waals surface area contributed by atoms with Crippen molar-refractivity contribution < 1.29 is 0 Å². The van der Waals surface area contributed by atoms with Gasteiger partial charge in [0.2, 0.25) is 5.78 Å². The van der Waals surface area contributed by atoms with Crippen LogP contribution in [0.15, 0.2) is 66.7 Å². The summed E-state index contributed by atoms with van der Waals surface area (Å²) in [5.41, 5.74) is 4.81. The van der Waals surface area contributed by atoms with Gasteiger partial charge in [-0.15, -0.1) is 0 Å². The fourth-order valence-corrected chi connectivity index (χ4v) is 3.09. The molecule has 0 unspecified atom stereocenters. The van der Waals surface area contributed by atoms with Crippen molar-refractivity contribution in [2.75, 3.05) is 0 Å². The zero-order valence-corrected chi connectivity index (χ0v) is 13.3. The van der Waals surface area contributed by atoms with Crippen LogP contribution in [0.25, 0.3) is 28.3 Å². The fraction of sp³-hybridized carbons (Fsp3) is 0.0526. The Morgan fingerprint density at radius 3 is 2.09 bits per heavy atom. The first-order valence-corrected chi connectivity index (χ1v) is 7.78. The normalized spacial score (nSPS) is 11.0. The summed E-state index contributed by atoms with van der Waals surface area (Å²) in [7, 11) is 0. The van der Waals surface area contributed by atoms with E-state index in [1.54, 1.807) is 0 Å². The van der Waals surface area contributed by atoms with Crippen molar-refractivity contribution in [1.29, 1.82) is 0 Å². The number of nitrogens with zero attached hydrogens (tertiary/aromatic N) is 3. The number of fused-ring (bicyclic) bond motifs is 1. The maximum absolute atomic E-state index is 6.50. The Labute approximate surface area is 139 Å². The van der Waals surface area contributed by atoms with E-state index >= 15 is 0 Å². The number of hydrogen-bond acceptors (Lipinski definition) is 2. The molecule has 0 saturated carbocycles. The van der Waals surface area contributed by atoms with E-state index < -0.39 is 0 Å². The Morgan fingerprint density at radius 2 is 1.43 bits per heavy atom. The lowest BCUT2D eigenvalue weighted by Gasteiger charge is -2.07. The van der Waals surface area contributed by atoms with Gasteiger partial charge in [0.25, 0.3) is 0 Å². The van der Waals surface area contributed by atoms with Gasteiger partial charge in [0.1, 0.15) is 5.15 Å². The molecule has 2 heterocycles. The Kier molecular flexibility index (Phi) is 3.36. The average molecular weight is 320 g/mol. The molecule has 0 spiro atoms. The predicted octanol–water partition coefficient (Wildman–Crippen LogP) is 5.03. The summed E-state index contributed by atoms with van der Waals surface area (Å²) in [6.45, 7) is 1.92. The molecule has 0 atom stereocenters. The van der Waals surface area contributed by atoms with E-state index in [0.717, 1.165) is 28.2 Å². The molecule has 0 saturated heterocycles. The van der Waals surface area contributed by atoms with E-state index in [9.17, 15) is 0 Å². The highest BCUT2D eigenvalue weighted by molar-refractivity contribution is 6.30. The van der Waals surface area contributed by atoms with Gasteiger partial charge >= 0.3 is 0 Å². The summed E-state index contributed by atoms with van der Waals surface area (Å²) in [6, 6.07) is 22.1. The number of hydrogen-bond donors (Lipinski definition) is 0. The van der Waals surface area contributed by atoms with Gasteiger partial charge in [-0.25, -0.2) is 9.97 Å². The van der Waals surface area contributed by atoms with Gasteiger partial charge in [0.05, 0.1) is 11.4 Å². The molecular formula is C19H14ClN3. The summed E-state index contributed by atoms with van der Waals surface area (Å²) < 4.78 is 1.91. The van der Waals surface area contributed by atoms with E-state index in [4.69, 9.17) is 16.6 Å². The quantitative estimate of drug-likeness (QED) is 0.485. The van der Waals surface area contributed by atoms with E-state index in [1.165, 1.54) is 0 Å². The first-order valence-electron chi connectivity index (χ1n) is 7.40. The topological polar surface area (TPSA) is 30.2 Å². The number of aromatic nitrogens is 3. The lowest BCUT2D eigenvalue weighted by atomic mass is 10.1. The lowest BCUT2D eigenvalue weighted by molar-refractivity contribution is 1.07. The molecule has 2 aromatic heterocycles. The second kappa shape index (κ2) is 5.52. The van der Waals surface area contributed by atoms with Crippen LogP contribution in [0.4, 0.5) is 0 Å². The molecule has 4 heteroatoms. The Balaban J connectivity index is 2.12. The van der Waals surface area contributed by atoms with Gasteiger partial charge in [0, 0.05) is 16.8 Å². The Hall–Kier alpha value is -2.65. The van der Waals surface area contributed by atoms with Gasteiger partial charge in [-0.1, -0.05) is 72.3 Å². The molecule has 0 aliphatic heterocycles. The minimum absolute atomic E-state index is 0.612. The summed E-state index contributed by atoms with van der Waals surface area (Å²) >= 11 is 6.50. The maximum Gasteiger partial charge on any atom is 0.236 e. The highest BCUT2D eigenvalue weighted by Gasteiger charge is 2.18. The molecule has 4 rings (SSSR count). The van der Waals surface area contributed by atoms with Crippen LogP contribution in [0.5, 0.6) is 0 Å². The van der Waals surface area contributed by atoms with Crippen LogP contribution < -0.4 is 0 Å². The third-order valence-corrected chi connectivity index (χ3v) is 4.05. The summed E-state index contributed by atoms with van der Waals surface area (Å²) in [6.07, 6.45) is 0. The predicted molar refractivity (Wildman–Crippen MR) is 93.6 cm³/mol. The monoisotopic (exact) mass is 319 g/mol. The number of imidazole rings is 1. The van der Waals surface area contributed by atoms with Crippen LogP contribution in [0.2, 0.25) is 5.15 Å². The van der Waals surface area contributed by atoms with Gasteiger partial charge in [-0.2, -0.15) is 0 Å². The van der Waals surface area contributed by atoms with Crippen molar-refractivity contribution in [3.8, 4) is 22.5 Å². The molecule has 0 bridgehead atoms. The SMILES string of the molecule is Cc1cc(Cl)n2c(-c3ccccc3)c(-c3ccccc3)nc2n1. The van der Waals surface area contributed by atoms with Crippen molar-refractivity contribution in [3.05, 3.63) is 77.6 Å². The second-order valence-corrected chi connectivity index (χ2v) is 5.78. The molecule has 0 N–H and O–H groups in total. The van der Waals surface area contributed by atoms with Gasteiger partial charge in [-0.05, 0) is 13.0 Å². The molecule has 4 aromatic rings. The standard InChI is InChI=1S/C19H14ClN3/c1-13-12-16(20)23-18(15-10-6-3-7-11-15)17(22-19(23)21-13)14-8-4-2-5-9-14/h2-12H,1H3. The van der Waals surface area contributed by atoms with Crippen LogP contribution in [0.3, 0.4) is 0 Å². The van der Waals surface area contributed by atoms with Crippen LogP contribution in [-0.4, -0.2) is 14.4 Å². The Bertz CT molecular complexity index is 976.